The van der Waals surface area contributed by atoms with Crippen LogP contribution in [0.25, 0.3) is 0 Å². The number of aryl methyl sites for hydroxylation is 1. The van der Waals surface area contributed by atoms with Crippen molar-refractivity contribution in [3.05, 3.63) is 35.4 Å². The van der Waals surface area contributed by atoms with Crippen LogP contribution in [0.15, 0.2) is 24.3 Å². The molecule has 1 N–H and O–H groups in total. The lowest BCUT2D eigenvalue weighted by atomic mass is 9.88. The summed E-state index contributed by atoms with van der Waals surface area (Å²) in [4.78, 5) is 11.6. The summed E-state index contributed by atoms with van der Waals surface area (Å²) < 4.78 is 0. The molecule has 0 radical (unpaired) electrons. The van der Waals surface area contributed by atoms with E-state index in [9.17, 15) is 4.79 Å². The lowest BCUT2D eigenvalue weighted by Gasteiger charge is -2.26. The van der Waals surface area contributed by atoms with Crippen LogP contribution in [-0.2, 0) is 11.2 Å². The van der Waals surface area contributed by atoms with E-state index in [1.807, 2.05) is 12.1 Å². The number of nitrogens with one attached hydrogen (secondary N) is 1. The number of halogens is 1. The van der Waals surface area contributed by atoms with Crippen molar-refractivity contribution >= 4 is 17.5 Å². The topological polar surface area (TPSA) is 29.1 Å². The van der Waals surface area contributed by atoms with Crippen LogP contribution in [0.1, 0.15) is 36.9 Å². The highest BCUT2D eigenvalue weighted by Crippen LogP contribution is 2.29. The monoisotopic (exact) mass is 237 g/mol. The van der Waals surface area contributed by atoms with Crippen LogP contribution in [0.3, 0.4) is 0 Å². The third-order valence-electron chi connectivity index (χ3n) is 3.05. The first kappa shape index (κ1) is 11.5. The van der Waals surface area contributed by atoms with Crippen LogP contribution >= 0.6 is 11.6 Å². The predicted molar refractivity (Wildman–Crippen MR) is 65.6 cm³/mol. The molecule has 1 aliphatic carbocycles. The molecule has 0 heterocycles. The minimum atomic E-state index is -0.464. The number of hydrogen-bond donors (Lipinski definition) is 1. The van der Waals surface area contributed by atoms with Crippen molar-refractivity contribution in [2.45, 2.75) is 37.6 Å². The second-order valence-corrected chi connectivity index (χ2v) is 4.92. The maximum Gasteiger partial charge on any atom is 0.238 e. The van der Waals surface area contributed by atoms with Crippen molar-refractivity contribution in [3.63, 3.8) is 0 Å². The Bertz CT molecular complexity index is 389. The average Bonchev–Trinajstić information content (AvgIpc) is 2.29. The van der Waals surface area contributed by atoms with E-state index in [-0.39, 0.29) is 11.9 Å². The van der Waals surface area contributed by atoms with Gasteiger partial charge in [0.05, 0.1) is 6.04 Å². The molecule has 0 aliphatic heterocycles. The SMILES string of the molecule is C[C@@H](Cl)C(=O)N[C@@H]1CCCc2ccccc21. The fraction of sp³-hybridized carbons (Fsp3) is 0.462. The van der Waals surface area contributed by atoms with Gasteiger partial charge < -0.3 is 5.32 Å². The summed E-state index contributed by atoms with van der Waals surface area (Å²) in [5, 5.41) is 2.54. The van der Waals surface area contributed by atoms with Gasteiger partial charge in [0.1, 0.15) is 5.38 Å². The van der Waals surface area contributed by atoms with E-state index >= 15 is 0 Å². The van der Waals surface area contributed by atoms with Crippen LogP contribution in [0, 0.1) is 0 Å². The first-order chi connectivity index (χ1) is 7.68. The quantitative estimate of drug-likeness (QED) is 0.788. The summed E-state index contributed by atoms with van der Waals surface area (Å²) in [6, 6.07) is 8.44. The molecule has 1 aromatic carbocycles. The van der Waals surface area contributed by atoms with Crippen molar-refractivity contribution in [1.82, 2.24) is 5.32 Å². The largest absolute Gasteiger partial charge is 0.348 e. The van der Waals surface area contributed by atoms with E-state index in [0.29, 0.717) is 0 Å². The Balaban J connectivity index is 2.16. The number of benzene rings is 1. The molecule has 0 fully saturated rings. The average molecular weight is 238 g/mol. The van der Waals surface area contributed by atoms with Gasteiger partial charge in [-0.05, 0) is 37.3 Å². The normalized spacial score (nSPS) is 21.0. The van der Waals surface area contributed by atoms with Gasteiger partial charge in [0.15, 0.2) is 0 Å². The lowest BCUT2D eigenvalue weighted by molar-refractivity contribution is -0.121. The Morgan fingerprint density at radius 2 is 2.25 bits per heavy atom. The number of carbonyl (C=O) groups is 1. The Kier molecular flexibility index (Phi) is 3.49. The van der Waals surface area contributed by atoms with Crippen LogP contribution in [-0.4, -0.2) is 11.3 Å². The van der Waals surface area contributed by atoms with Gasteiger partial charge in [-0.15, -0.1) is 11.6 Å². The zero-order chi connectivity index (χ0) is 11.5. The zero-order valence-corrected chi connectivity index (χ0v) is 10.1. The lowest BCUT2D eigenvalue weighted by Crippen LogP contribution is -2.35. The van der Waals surface area contributed by atoms with Gasteiger partial charge in [-0.2, -0.15) is 0 Å². The van der Waals surface area contributed by atoms with E-state index in [1.165, 1.54) is 11.1 Å². The summed E-state index contributed by atoms with van der Waals surface area (Å²) in [7, 11) is 0. The Hall–Kier alpha value is -1.02. The molecule has 2 rings (SSSR count). The van der Waals surface area contributed by atoms with Gasteiger partial charge in [0.25, 0.3) is 0 Å². The molecule has 1 aromatic rings. The molecule has 0 saturated heterocycles. The molecule has 0 spiro atoms. The van der Waals surface area contributed by atoms with Crippen molar-refractivity contribution in [1.29, 1.82) is 0 Å². The van der Waals surface area contributed by atoms with Gasteiger partial charge in [-0.25, -0.2) is 0 Å². The molecular formula is C13H16ClNO. The molecule has 1 amide bonds. The highest BCUT2D eigenvalue weighted by Gasteiger charge is 2.22. The summed E-state index contributed by atoms with van der Waals surface area (Å²) >= 11 is 5.76. The molecule has 16 heavy (non-hydrogen) atoms. The van der Waals surface area contributed by atoms with Crippen molar-refractivity contribution in [2.75, 3.05) is 0 Å². The molecule has 0 saturated carbocycles. The van der Waals surface area contributed by atoms with Gasteiger partial charge in [0.2, 0.25) is 5.91 Å². The highest BCUT2D eigenvalue weighted by atomic mass is 35.5. The third-order valence-corrected chi connectivity index (χ3v) is 3.25. The number of carbonyl (C=O) groups excluding carboxylic acids is 1. The number of fused-ring (bicyclic) bond motifs is 1. The molecule has 0 aromatic heterocycles. The summed E-state index contributed by atoms with van der Waals surface area (Å²) in [5.74, 6) is -0.0802. The van der Waals surface area contributed by atoms with Crippen molar-refractivity contribution in [2.24, 2.45) is 0 Å². The van der Waals surface area contributed by atoms with E-state index in [1.54, 1.807) is 6.92 Å². The molecule has 0 bridgehead atoms. The summed E-state index contributed by atoms with van der Waals surface area (Å²) in [6.45, 7) is 1.70. The smallest absolute Gasteiger partial charge is 0.238 e. The number of amides is 1. The highest BCUT2D eigenvalue weighted by molar-refractivity contribution is 6.30. The van der Waals surface area contributed by atoms with Gasteiger partial charge in [-0.3, -0.25) is 4.79 Å². The third kappa shape index (κ3) is 2.38. The summed E-state index contributed by atoms with van der Waals surface area (Å²) in [6.07, 6.45) is 3.24. The second kappa shape index (κ2) is 4.88. The number of hydrogen-bond acceptors (Lipinski definition) is 1. The fourth-order valence-electron chi connectivity index (χ4n) is 2.19. The number of alkyl halides is 1. The predicted octanol–water partition coefficient (Wildman–Crippen LogP) is 2.81. The standard InChI is InChI=1S/C13H16ClNO/c1-9(14)13(16)15-12-8-4-6-10-5-2-3-7-11(10)12/h2-3,5,7,9,12H,4,6,8H2,1H3,(H,15,16)/t9-,12-/m1/s1. The Morgan fingerprint density at radius 1 is 1.50 bits per heavy atom. The van der Waals surface area contributed by atoms with E-state index in [4.69, 9.17) is 11.6 Å². The maximum absolute atomic E-state index is 11.6. The molecule has 86 valence electrons. The molecule has 0 unspecified atom stereocenters. The molecular weight excluding hydrogens is 222 g/mol. The van der Waals surface area contributed by atoms with Crippen LogP contribution in [0.5, 0.6) is 0 Å². The Morgan fingerprint density at radius 3 is 3.00 bits per heavy atom. The first-order valence-electron chi connectivity index (χ1n) is 5.70. The minimum Gasteiger partial charge on any atom is -0.348 e. The van der Waals surface area contributed by atoms with E-state index in [2.05, 4.69) is 17.4 Å². The van der Waals surface area contributed by atoms with Gasteiger partial charge >= 0.3 is 0 Å². The van der Waals surface area contributed by atoms with Gasteiger partial charge in [-0.1, -0.05) is 24.3 Å². The van der Waals surface area contributed by atoms with Gasteiger partial charge in [0, 0.05) is 0 Å². The fourth-order valence-corrected chi connectivity index (χ4v) is 2.25. The molecule has 1 aliphatic rings. The molecule has 2 atom stereocenters. The first-order valence-corrected chi connectivity index (χ1v) is 6.14. The van der Waals surface area contributed by atoms with Crippen molar-refractivity contribution in [3.8, 4) is 0 Å². The van der Waals surface area contributed by atoms with Crippen LogP contribution in [0.4, 0.5) is 0 Å². The molecule has 2 nitrogen and oxygen atoms in total. The summed E-state index contributed by atoms with van der Waals surface area (Å²) in [5.41, 5.74) is 2.60. The maximum atomic E-state index is 11.6. The number of rotatable bonds is 2. The Labute approximate surface area is 101 Å². The van der Waals surface area contributed by atoms with Crippen LogP contribution < -0.4 is 5.32 Å². The minimum absolute atomic E-state index is 0.0802. The van der Waals surface area contributed by atoms with E-state index < -0.39 is 5.38 Å². The second-order valence-electron chi connectivity index (χ2n) is 4.27. The van der Waals surface area contributed by atoms with E-state index in [0.717, 1.165) is 19.3 Å². The van der Waals surface area contributed by atoms with Crippen LogP contribution in [0.2, 0.25) is 0 Å². The zero-order valence-electron chi connectivity index (χ0n) is 9.37. The van der Waals surface area contributed by atoms with Crippen molar-refractivity contribution < 1.29 is 4.79 Å². The molecule has 3 heteroatoms.